The zero-order valence-electron chi connectivity index (χ0n) is 16.6. The number of nitrogens with zero attached hydrogens (tertiary/aromatic N) is 3. The van der Waals surface area contributed by atoms with E-state index in [1.54, 1.807) is 6.20 Å². The van der Waals surface area contributed by atoms with Crippen LogP contribution in [0.1, 0.15) is 48.3 Å². The molecule has 0 radical (unpaired) electrons. The third-order valence-electron chi connectivity index (χ3n) is 4.63. The molecule has 0 aliphatic heterocycles. The van der Waals surface area contributed by atoms with E-state index in [-0.39, 0.29) is 5.91 Å². The molecule has 0 bridgehead atoms. The highest BCUT2D eigenvalue weighted by atomic mass is 16.1. The Morgan fingerprint density at radius 2 is 1.71 bits per heavy atom. The number of carbonyl (C=O) groups is 1. The van der Waals surface area contributed by atoms with Crippen LogP contribution in [0.15, 0.2) is 67.0 Å². The number of hydrogen-bond acceptors (Lipinski definition) is 4. The van der Waals surface area contributed by atoms with Gasteiger partial charge in [0.2, 0.25) is 0 Å². The van der Waals surface area contributed by atoms with Gasteiger partial charge in [-0.25, -0.2) is 9.97 Å². The van der Waals surface area contributed by atoms with Crippen LogP contribution in [-0.4, -0.2) is 22.4 Å². The summed E-state index contributed by atoms with van der Waals surface area (Å²) in [6.07, 6.45) is 3.18. The molecule has 0 atom stereocenters. The van der Waals surface area contributed by atoms with Crippen molar-refractivity contribution in [1.82, 2.24) is 9.97 Å². The molecule has 5 nitrogen and oxygen atoms in total. The predicted molar refractivity (Wildman–Crippen MR) is 114 cm³/mol. The number of nitrogens with one attached hydrogen (secondary N) is 1. The van der Waals surface area contributed by atoms with Crippen molar-refractivity contribution in [2.75, 3.05) is 16.8 Å². The molecule has 1 aromatic heterocycles. The molecule has 28 heavy (non-hydrogen) atoms. The second-order valence-corrected chi connectivity index (χ2v) is 6.99. The van der Waals surface area contributed by atoms with E-state index in [0.29, 0.717) is 11.6 Å². The number of hydrogen-bond donors (Lipinski definition) is 1. The molecule has 0 aliphatic rings. The van der Waals surface area contributed by atoms with Crippen LogP contribution < -0.4 is 10.2 Å². The van der Waals surface area contributed by atoms with E-state index in [1.165, 1.54) is 17.3 Å². The Bertz CT molecular complexity index is 890. The summed E-state index contributed by atoms with van der Waals surface area (Å²) in [4.78, 5) is 23.3. The Labute approximate surface area is 166 Å². The first-order chi connectivity index (χ1) is 13.6. The zero-order chi connectivity index (χ0) is 19.9. The van der Waals surface area contributed by atoms with Crippen molar-refractivity contribution < 1.29 is 4.79 Å². The summed E-state index contributed by atoms with van der Waals surface area (Å²) in [5.74, 6) is 0.951. The van der Waals surface area contributed by atoms with Gasteiger partial charge in [-0.05, 0) is 36.1 Å². The Hall–Kier alpha value is -3.21. The molecule has 1 heterocycles. The highest BCUT2D eigenvalue weighted by Crippen LogP contribution is 2.18. The fourth-order valence-electron chi connectivity index (χ4n) is 2.91. The smallest absolute Gasteiger partial charge is 0.275 e. The van der Waals surface area contributed by atoms with Crippen molar-refractivity contribution in [2.24, 2.45) is 0 Å². The second kappa shape index (κ2) is 9.13. The molecule has 1 amide bonds. The van der Waals surface area contributed by atoms with Crippen molar-refractivity contribution in [3.05, 3.63) is 83.8 Å². The molecule has 0 saturated carbocycles. The van der Waals surface area contributed by atoms with Crippen LogP contribution in [0, 0.1) is 0 Å². The fourth-order valence-corrected chi connectivity index (χ4v) is 2.91. The van der Waals surface area contributed by atoms with Crippen LogP contribution in [0.25, 0.3) is 0 Å². The first kappa shape index (κ1) is 19.5. The summed E-state index contributed by atoms with van der Waals surface area (Å²) in [7, 11) is 0. The highest BCUT2D eigenvalue weighted by molar-refractivity contribution is 6.02. The molecule has 3 aromatic rings. The van der Waals surface area contributed by atoms with E-state index < -0.39 is 0 Å². The van der Waals surface area contributed by atoms with Gasteiger partial charge in [-0.2, -0.15) is 0 Å². The lowest BCUT2D eigenvalue weighted by Gasteiger charge is -2.21. The van der Waals surface area contributed by atoms with Gasteiger partial charge >= 0.3 is 0 Å². The SMILES string of the molecule is CCN(Cc1ccccc1)c1cnc(C(=O)Nc2ccc(C(C)C)cc2)cn1. The molecule has 1 N–H and O–H groups in total. The maximum atomic E-state index is 12.4. The normalized spacial score (nSPS) is 10.7. The lowest BCUT2D eigenvalue weighted by molar-refractivity contribution is 0.102. The monoisotopic (exact) mass is 374 g/mol. The lowest BCUT2D eigenvalue weighted by atomic mass is 10.0. The molecule has 144 valence electrons. The van der Waals surface area contributed by atoms with E-state index in [9.17, 15) is 4.79 Å². The quantitative estimate of drug-likeness (QED) is 0.640. The third-order valence-corrected chi connectivity index (χ3v) is 4.63. The van der Waals surface area contributed by atoms with Crippen LogP contribution in [0.5, 0.6) is 0 Å². The average Bonchev–Trinajstić information content (AvgIpc) is 2.73. The largest absolute Gasteiger partial charge is 0.351 e. The van der Waals surface area contributed by atoms with Gasteiger partial charge in [0.25, 0.3) is 5.91 Å². The lowest BCUT2D eigenvalue weighted by Crippen LogP contribution is -2.24. The van der Waals surface area contributed by atoms with Crippen LogP contribution >= 0.6 is 0 Å². The van der Waals surface area contributed by atoms with Crippen molar-refractivity contribution in [3.63, 3.8) is 0 Å². The number of anilines is 2. The Morgan fingerprint density at radius 3 is 2.29 bits per heavy atom. The maximum Gasteiger partial charge on any atom is 0.275 e. The molecule has 0 aliphatic carbocycles. The highest BCUT2D eigenvalue weighted by Gasteiger charge is 2.12. The molecule has 5 heteroatoms. The zero-order valence-corrected chi connectivity index (χ0v) is 16.6. The van der Waals surface area contributed by atoms with Crippen LogP contribution in [0.4, 0.5) is 11.5 Å². The van der Waals surface area contributed by atoms with Gasteiger partial charge in [0.05, 0.1) is 12.4 Å². The summed E-state index contributed by atoms with van der Waals surface area (Å²) in [6, 6.07) is 18.1. The summed E-state index contributed by atoms with van der Waals surface area (Å²) < 4.78 is 0. The first-order valence-corrected chi connectivity index (χ1v) is 9.59. The minimum absolute atomic E-state index is 0.262. The fraction of sp³-hybridized carbons (Fsp3) is 0.261. The van der Waals surface area contributed by atoms with Gasteiger partial charge in [0.15, 0.2) is 0 Å². The van der Waals surface area contributed by atoms with Crippen LogP contribution in [-0.2, 0) is 6.54 Å². The van der Waals surface area contributed by atoms with Crippen LogP contribution in [0.2, 0.25) is 0 Å². The van der Waals surface area contributed by atoms with E-state index in [2.05, 4.69) is 53.1 Å². The number of carbonyl (C=O) groups excluding carboxylic acids is 1. The maximum absolute atomic E-state index is 12.4. The van der Waals surface area contributed by atoms with Gasteiger partial charge < -0.3 is 10.2 Å². The van der Waals surface area contributed by atoms with Crippen molar-refractivity contribution in [1.29, 1.82) is 0 Å². The molecule has 0 saturated heterocycles. The standard InChI is InChI=1S/C23H26N4O/c1-4-27(16-18-8-6-5-7-9-18)22-15-24-21(14-25-22)23(28)26-20-12-10-19(11-13-20)17(2)3/h5-15,17H,4,16H2,1-3H3,(H,26,28). The van der Waals surface area contributed by atoms with Crippen LogP contribution in [0.3, 0.4) is 0 Å². The number of aromatic nitrogens is 2. The number of benzene rings is 2. The van der Waals surface area contributed by atoms with Gasteiger partial charge in [-0.15, -0.1) is 0 Å². The van der Waals surface area contributed by atoms with E-state index in [4.69, 9.17) is 0 Å². The van der Waals surface area contributed by atoms with Gasteiger partial charge in [0.1, 0.15) is 11.5 Å². The van der Waals surface area contributed by atoms with Crippen molar-refractivity contribution >= 4 is 17.4 Å². The minimum Gasteiger partial charge on any atom is -0.351 e. The molecular weight excluding hydrogens is 348 g/mol. The predicted octanol–water partition coefficient (Wildman–Crippen LogP) is 4.88. The Morgan fingerprint density at radius 1 is 1.00 bits per heavy atom. The molecule has 0 unspecified atom stereocenters. The van der Waals surface area contributed by atoms with Crippen molar-refractivity contribution in [3.8, 4) is 0 Å². The number of rotatable bonds is 7. The van der Waals surface area contributed by atoms with Gasteiger partial charge in [0, 0.05) is 18.8 Å². The van der Waals surface area contributed by atoms with Gasteiger partial charge in [-0.3, -0.25) is 4.79 Å². The second-order valence-electron chi connectivity index (χ2n) is 6.99. The van der Waals surface area contributed by atoms with E-state index in [1.807, 2.05) is 42.5 Å². The Balaban J connectivity index is 1.66. The molecule has 2 aromatic carbocycles. The molecule has 3 rings (SSSR count). The minimum atomic E-state index is -0.262. The number of amides is 1. The van der Waals surface area contributed by atoms with Gasteiger partial charge in [-0.1, -0.05) is 56.3 Å². The summed E-state index contributed by atoms with van der Waals surface area (Å²) in [5.41, 5.74) is 3.49. The molecular formula is C23H26N4O. The molecule has 0 spiro atoms. The topological polar surface area (TPSA) is 58.1 Å². The Kier molecular flexibility index (Phi) is 6.37. The summed E-state index contributed by atoms with van der Waals surface area (Å²) in [5, 5.41) is 2.87. The summed E-state index contributed by atoms with van der Waals surface area (Å²) >= 11 is 0. The average molecular weight is 374 g/mol. The summed E-state index contributed by atoms with van der Waals surface area (Å²) in [6.45, 7) is 7.91. The molecule has 0 fully saturated rings. The van der Waals surface area contributed by atoms with E-state index in [0.717, 1.165) is 24.6 Å². The first-order valence-electron chi connectivity index (χ1n) is 9.59. The van der Waals surface area contributed by atoms with Crippen molar-refractivity contribution in [2.45, 2.75) is 33.2 Å². The third kappa shape index (κ3) is 4.94. The van der Waals surface area contributed by atoms with E-state index >= 15 is 0 Å².